The molecule has 0 spiro atoms. The van der Waals surface area contributed by atoms with Crippen molar-refractivity contribution in [2.45, 2.75) is 25.3 Å². The first-order valence-electron chi connectivity index (χ1n) is 6.21. The number of nitrogens with one attached hydrogen (secondary N) is 2. The number of aromatic nitrogens is 2. The maximum atomic E-state index is 13.3. The number of benzene rings is 1. The van der Waals surface area contributed by atoms with Crippen LogP contribution in [0.5, 0.6) is 0 Å². The largest absolute Gasteiger partial charge is 0.311 e. The van der Waals surface area contributed by atoms with Crippen LogP contribution < -0.4 is 10.3 Å². The molecule has 1 aromatic carbocycles. The number of nitrogens with zero attached hydrogens (tertiary/aromatic N) is 1. The maximum Gasteiger partial charge on any atom is 0.251 e. The van der Waals surface area contributed by atoms with E-state index in [2.05, 4.69) is 14.7 Å². The SMILES string of the molecule is Cc1nc(CNS(=O)(=O)c2cc(C)c(F)cc2Cl)cc(=O)[nH]1. The summed E-state index contributed by atoms with van der Waals surface area (Å²) in [5, 5.41) is -0.217. The number of halogens is 2. The molecule has 1 heterocycles. The maximum absolute atomic E-state index is 13.3. The minimum atomic E-state index is -3.95. The Kier molecular flexibility index (Phi) is 4.64. The number of aromatic amines is 1. The van der Waals surface area contributed by atoms with Crippen molar-refractivity contribution in [3.63, 3.8) is 0 Å². The highest BCUT2D eigenvalue weighted by Gasteiger charge is 2.19. The molecule has 2 rings (SSSR count). The summed E-state index contributed by atoms with van der Waals surface area (Å²) in [7, 11) is -3.95. The second-order valence-electron chi connectivity index (χ2n) is 4.68. The predicted molar refractivity (Wildman–Crippen MR) is 79.8 cm³/mol. The molecule has 0 aliphatic heterocycles. The highest BCUT2D eigenvalue weighted by Crippen LogP contribution is 2.24. The smallest absolute Gasteiger partial charge is 0.251 e. The van der Waals surface area contributed by atoms with Crippen molar-refractivity contribution in [3.05, 3.63) is 56.5 Å². The summed E-state index contributed by atoms with van der Waals surface area (Å²) >= 11 is 5.79. The summed E-state index contributed by atoms with van der Waals surface area (Å²) in [4.78, 5) is 17.5. The van der Waals surface area contributed by atoms with Gasteiger partial charge in [0.2, 0.25) is 10.0 Å². The summed E-state index contributed by atoms with van der Waals surface area (Å²) < 4.78 is 40.1. The molecule has 2 aromatic rings. The standard InChI is InChI=1S/C13H13ClFN3O3S/c1-7-3-12(10(14)5-11(7)15)22(20,21)16-6-9-4-13(19)18-8(2)17-9/h3-5,16H,6H2,1-2H3,(H,17,18,19). The van der Waals surface area contributed by atoms with Gasteiger partial charge in [-0.05, 0) is 31.5 Å². The molecule has 0 aliphatic carbocycles. The van der Waals surface area contributed by atoms with E-state index in [1.165, 1.54) is 13.0 Å². The van der Waals surface area contributed by atoms with Crippen molar-refractivity contribution in [2.75, 3.05) is 0 Å². The molecule has 0 amide bonds. The number of hydrogen-bond donors (Lipinski definition) is 2. The molecule has 0 aliphatic rings. The van der Waals surface area contributed by atoms with Crippen molar-refractivity contribution >= 4 is 21.6 Å². The minimum absolute atomic E-state index is 0.162. The molecule has 0 unspecified atom stereocenters. The molecule has 2 N–H and O–H groups in total. The van der Waals surface area contributed by atoms with Gasteiger partial charge >= 0.3 is 0 Å². The number of aryl methyl sites for hydroxylation is 2. The highest BCUT2D eigenvalue weighted by molar-refractivity contribution is 7.89. The zero-order valence-electron chi connectivity index (χ0n) is 11.8. The van der Waals surface area contributed by atoms with Gasteiger partial charge in [-0.15, -0.1) is 0 Å². The molecular formula is C13H13ClFN3O3S. The van der Waals surface area contributed by atoms with E-state index in [0.29, 0.717) is 5.82 Å². The lowest BCUT2D eigenvalue weighted by Gasteiger charge is -2.09. The molecule has 0 atom stereocenters. The second-order valence-corrected chi connectivity index (χ2v) is 6.82. The summed E-state index contributed by atoms with van der Waals surface area (Å²) in [6.45, 7) is 2.84. The summed E-state index contributed by atoms with van der Waals surface area (Å²) in [6, 6.07) is 3.28. The first kappa shape index (κ1) is 16.6. The Hall–Kier alpha value is -1.77. The Labute approximate surface area is 131 Å². The molecular weight excluding hydrogens is 333 g/mol. The lowest BCUT2D eigenvalue weighted by atomic mass is 10.2. The van der Waals surface area contributed by atoms with Crippen LogP contribution in [0, 0.1) is 19.7 Å². The number of hydrogen-bond acceptors (Lipinski definition) is 4. The molecule has 0 radical (unpaired) electrons. The predicted octanol–water partition coefficient (Wildman–Crippen LogP) is 1.66. The second kappa shape index (κ2) is 6.15. The Morgan fingerprint density at radius 3 is 2.64 bits per heavy atom. The Bertz CT molecular complexity index is 881. The van der Waals surface area contributed by atoms with Crippen molar-refractivity contribution in [2.24, 2.45) is 0 Å². The first-order valence-corrected chi connectivity index (χ1v) is 8.07. The van der Waals surface area contributed by atoms with Crippen LogP contribution in [-0.4, -0.2) is 18.4 Å². The fraction of sp³-hybridized carbons (Fsp3) is 0.231. The topological polar surface area (TPSA) is 91.9 Å². The number of sulfonamides is 1. The lowest BCUT2D eigenvalue weighted by Crippen LogP contribution is -2.25. The van der Waals surface area contributed by atoms with Crippen LogP contribution >= 0.6 is 11.6 Å². The van der Waals surface area contributed by atoms with Crippen LogP contribution in [0.3, 0.4) is 0 Å². The average Bonchev–Trinajstić information content (AvgIpc) is 2.39. The molecule has 1 aromatic heterocycles. The fourth-order valence-corrected chi connectivity index (χ4v) is 3.41. The molecule has 6 nitrogen and oxygen atoms in total. The van der Waals surface area contributed by atoms with Gasteiger partial charge in [-0.2, -0.15) is 0 Å². The van der Waals surface area contributed by atoms with Gasteiger partial charge in [-0.3, -0.25) is 4.79 Å². The quantitative estimate of drug-likeness (QED) is 0.881. The van der Waals surface area contributed by atoms with E-state index >= 15 is 0 Å². The van der Waals surface area contributed by atoms with Crippen LogP contribution in [-0.2, 0) is 16.6 Å². The van der Waals surface area contributed by atoms with E-state index < -0.39 is 15.8 Å². The van der Waals surface area contributed by atoms with E-state index in [4.69, 9.17) is 11.6 Å². The monoisotopic (exact) mass is 345 g/mol. The molecule has 118 valence electrons. The summed E-state index contributed by atoms with van der Waals surface area (Å²) in [6.07, 6.45) is 0. The van der Waals surface area contributed by atoms with Crippen LogP contribution in [0.25, 0.3) is 0 Å². The summed E-state index contributed by atoms with van der Waals surface area (Å²) in [5.41, 5.74) is 0.0482. The van der Waals surface area contributed by atoms with Gasteiger partial charge in [-0.25, -0.2) is 22.5 Å². The van der Waals surface area contributed by atoms with E-state index in [1.54, 1.807) is 6.92 Å². The Balaban J connectivity index is 2.28. The molecule has 0 saturated carbocycles. The number of rotatable bonds is 4. The molecule has 0 saturated heterocycles. The van der Waals surface area contributed by atoms with Gasteiger partial charge in [0.1, 0.15) is 16.5 Å². The van der Waals surface area contributed by atoms with Gasteiger partial charge in [0.05, 0.1) is 17.3 Å². The van der Waals surface area contributed by atoms with Crippen molar-refractivity contribution in [1.29, 1.82) is 0 Å². The van der Waals surface area contributed by atoms with Gasteiger partial charge in [0, 0.05) is 6.07 Å². The van der Waals surface area contributed by atoms with Crippen LogP contribution in [0.15, 0.2) is 27.9 Å². The van der Waals surface area contributed by atoms with E-state index in [1.807, 2.05) is 0 Å². The first-order chi connectivity index (χ1) is 10.2. The van der Waals surface area contributed by atoms with Crippen LogP contribution in [0.2, 0.25) is 5.02 Å². The van der Waals surface area contributed by atoms with Crippen LogP contribution in [0.4, 0.5) is 4.39 Å². The van der Waals surface area contributed by atoms with E-state index in [9.17, 15) is 17.6 Å². The average molecular weight is 346 g/mol. The zero-order valence-corrected chi connectivity index (χ0v) is 13.3. The zero-order chi connectivity index (χ0) is 16.5. The Morgan fingerprint density at radius 2 is 2.00 bits per heavy atom. The molecule has 0 fully saturated rings. The van der Waals surface area contributed by atoms with Gasteiger partial charge in [0.25, 0.3) is 5.56 Å². The molecule has 0 bridgehead atoms. The van der Waals surface area contributed by atoms with Crippen molar-refractivity contribution in [3.8, 4) is 0 Å². The third-order valence-corrected chi connectivity index (χ3v) is 4.73. The third kappa shape index (κ3) is 3.70. The Morgan fingerprint density at radius 1 is 1.32 bits per heavy atom. The van der Waals surface area contributed by atoms with Gasteiger partial charge in [-0.1, -0.05) is 11.6 Å². The van der Waals surface area contributed by atoms with Crippen LogP contribution in [0.1, 0.15) is 17.1 Å². The van der Waals surface area contributed by atoms with Gasteiger partial charge in [0.15, 0.2) is 0 Å². The molecule has 22 heavy (non-hydrogen) atoms. The number of H-pyrrole nitrogens is 1. The highest BCUT2D eigenvalue weighted by atomic mass is 35.5. The fourth-order valence-electron chi connectivity index (χ4n) is 1.82. The minimum Gasteiger partial charge on any atom is -0.311 e. The van der Waals surface area contributed by atoms with Gasteiger partial charge < -0.3 is 4.98 Å². The van der Waals surface area contributed by atoms with E-state index in [-0.39, 0.29) is 33.3 Å². The third-order valence-electron chi connectivity index (χ3n) is 2.86. The lowest BCUT2D eigenvalue weighted by molar-refractivity contribution is 0.578. The van der Waals surface area contributed by atoms with Crippen molar-refractivity contribution < 1.29 is 12.8 Å². The summed E-state index contributed by atoms with van der Waals surface area (Å²) in [5.74, 6) is -0.215. The molecule has 9 heteroatoms. The van der Waals surface area contributed by atoms with Crippen molar-refractivity contribution in [1.82, 2.24) is 14.7 Å². The normalized spacial score (nSPS) is 11.6. The van der Waals surface area contributed by atoms with E-state index in [0.717, 1.165) is 12.1 Å².